The van der Waals surface area contributed by atoms with E-state index in [4.69, 9.17) is 4.74 Å². The quantitative estimate of drug-likeness (QED) is 0.0417. The van der Waals surface area contributed by atoms with E-state index in [0.29, 0.717) is 19.3 Å². The summed E-state index contributed by atoms with van der Waals surface area (Å²) >= 11 is 0. The van der Waals surface area contributed by atoms with Crippen LogP contribution in [0.25, 0.3) is 0 Å². The van der Waals surface area contributed by atoms with Gasteiger partial charge in [-0.1, -0.05) is 316 Å². The summed E-state index contributed by atoms with van der Waals surface area (Å²) in [6.07, 6.45) is 63.2. The first-order chi connectivity index (χ1) is 33.0. The molecule has 0 heterocycles. The number of hydrogen-bond acceptors (Lipinski definition) is 5. The van der Waals surface area contributed by atoms with Crippen molar-refractivity contribution in [3.8, 4) is 0 Å². The summed E-state index contributed by atoms with van der Waals surface area (Å²) in [4.78, 5) is 26.3. The van der Waals surface area contributed by atoms with Gasteiger partial charge in [-0.2, -0.15) is 0 Å². The molecule has 0 aliphatic carbocycles. The van der Waals surface area contributed by atoms with Crippen LogP contribution in [-0.4, -0.2) is 46.9 Å². The zero-order chi connectivity index (χ0) is 48.8. The third-order valence-electron chi connectivity index (χ3n) is 14.7. The van der Waals surface area contributed by atoms with E-state index in [1.807, 2.05) is 0 Å². The van der Waals surface area contributed by atoms with Gasteiger partial charge in [0.15, 0.2) is 0 Å². The van der Waals surface area contributed by atoms with Crippen LogP contribution in [0.5, 0.6) is 0 Å². The first kappa shape index (κ1) is 65.9. The van der Waals surface area contributed by atoms with Gasteiger partial charge < -0.3 is 20.3 Å². The fourth-order valence-electron chi connectivity index (χ4n) is 10.0. The second-order valence-electron chi connectivity index (χ2n) is 21.5. The van der Waals surface area contributed by atoms with Gasteiger partial charge in [0.1, 0.15) is 6.10 Å². The average molecular weight is 949 g/mol. The van der Waals surface area contributed by atoms with Crippen LogP contribution in [0.1, 0.15) is 355 Å². The van der Waals surface area contributed by atoms with Crippen molar-refractivity contribution in [3.63, 3.8) is 0 Å². The Kier molecular flexibility index (Phi) is 54.8. The van der Waals surface area contributed by atoms with Crippen molar-refractivity contribution < 1.29 is 24.5 Å². The maximum Gasteiger partial charge on any atom is 0.306 e. The molecule has 0 aliphatic rings. The SMILES string of the molecule is CCCCCCCCCCCCCCCCCCCC(O)C(CO)NC(=O)CC(CCCCCCCCCCCCCCCCC)OC(=O)CCCCCCCCCCCCCCCCCC. The van der Waals surface area contributed by atoms with E-state index in [1.165, 1.54) is 270 Å². The topological polar surface area (TPSA) is 95.9 Å². The molecule has 3 atom stereocenters. The number of rotatable bonds is 57. The van der Waals surface area contributed by atoms with Crippen molar-refractivity contribution in [2.45, 2.75) is 373 Å². The zero-order valence-corrected chi connectivity index (χ0v) is 45.8. The fourth-order valence-corrected chi connectivity index (χ4v) is 10.0. The molecule has 0 fully saturated rings. The number of amides is 1. The molecule has 0 aromatic carbocycles. The van der Waals surface area contributed by atoms with Crippen molar-refractivity contribution in [1.29, 1.82) is 0 Å². The van der Waals surface area contributed by atoms with Gasteiger partial charge in [0.05, 0.1) is 25.2 Å². The minimum absolute atomic E-state index is 0.0889. The van der Waals surface area contributed by atoms with Gasteiger partial charge in [-0.05, 0) is 25.7 Å². The lowest BCUT2D eigenvalue weighted by Gasteiger charge is -2.24. The van der Waals surface area contributed by atoms with Crippen LogP contribution < -0.4 is 5.32 Å². The van der Waals surface area contributed by atoms with E-state index in [2.05, 4.69) is 26.1 Å². The van der Waals surface area contributed by atoms with E-state index in [-0.39, 0.29) is 24.9 Å². The number of unbranched alkanes of at least 4 members (excludes halogenated alkanes) is 45. The molecule has 6 heteroatoms. The summed E-state index contributed by atoms with van der Waals surface area (Å²) in [5.41, 5.74) is 0. The monoisotopic (exact) mass is 948 g/mol. The predicted molar refractivity (Wildman–Crippen MR) is 292 cm³/mol. The van der Waals surface area contributed by atoms with Crippen molar-refractivity contribution in [3.05, 3.63) is 0 Å². The lowest BCUT2D eigenvalue weighted by molar-refractivity contribution is -0.151. The summed E-state index contributed by atoms with van der Waals surface area (Å²) < 4.78 is 5.98. The van der Waals surface area contributed by atoms with Crippen molar-refractivity contribution in [2.75, 3.05) is 6.61 Å². The molecule has 1 amide bonds. The third-order valence-corrected chi connectivity index (χ3v) is 14.7. The summed E-state index contributed by atoms with van der Waals surface area (Å²) in [7, 11) is 0. The second-order valence-corrected chi connectivity index (χ2v) is 21.5. The number of ether oxygens (including phenoxy) is 1. The first-order valence-electron chi connectivity index (χ1n) is 30.8. The van der Waals surface area contributed by atoms with Crippen molar-refractivity contribution in [2.24, 2.45) is 0 Å². The first-order valence-corrected chi connectivity index (χ1v) is 30.8. The molecule has 400 valence electrons. The molecule has 0 aromatic rings. The zero-order valence-electron chi connectivity index (χ0n) is 45.8. The Morgan fingerprint density at radius 3 is 0.910 bits per heavy atom. The largest absolute Gasteiger partial charge is 0.462 e. The van der Waals surface area contributed by atoms with Gasteiger partial charge in [0.2, 0.25) is 5.91 Å². The van der Waals surface area contributed by atoms with E-state index >= 15 is 0 Å². The molecule has 3 N–H and O–H groups in total. The number of aliphatic hydroxyl groups excluding tert-OH is 2. The molecule has 67 heavy (non-hydrogen) atoms. The van der Waals surface area contributed by atoms with E-state index in [0.717, 1.165) is 38.5 Å². The highest BCUT2D eigenvalue weighted by atomic mass is 16.5. The highest BCUT2D eigenvalue weighted by Gasteiger charge is 2.24. The molecule has 3 unspecified atom stereocenters. The van der Waals surface area contributed by atoms with E-state index in [1.54, 1.807) is 0 Å². The molecule has 6 nitrogen and oxygen atoms in total. The molecular formula is C61H121NO5. The Bertz CT molecular complexity index is 975. The predicted octanol–water partition coefficient (Wildman–Crippen LogP) is 19.1. The summed E-state index contributed by atoms with van der Waals surface area (Å²) in [6, 6.07) is -0.694. The Morgan fingerprint density at radius 2 is 0.627 bits per heavy atom. The lowest BCUT2D eigenvalue weighted by atomic mass is 10.0. The van der Waals surface area contributed by atoms with Crippen LogP contribution in [0.2, 0.25) is 0 Å². The lowest BCUT2D eigenvalue weighted by Crippen LogP contribution is -2.46. The molecule has 0 bridgehead atoms. The highest BCUT2D eigenvalue weighted by molar-refractivity contribution is 5.77. The van der Waals surface area contributed by atoms with Crippen LogP contribution in [0.15, 0.2) is 0 Å². The van der Waals surface area contributed by atoms with Crippen LogP contribution in [0.4, 0.5) is 0 Å². The molecule has 0 radical (unpaired) electrons. The Balaban J connectivity index is 4.45. The number of carbonyl (C=O) groups excluding carboxylic acids is 2. The average Bonchev–Trinajstić information content (AvgIpc) is 3.32. The number of hydrogen-bond donors (Lipinski definition) is 3. The third kappa shape index (κ3) is 51.0. The Morgan fingerprint density at radius 1 is 0.373 bits per heavy atom. The highest BCUT2D eigenvalue weighted by Crippen LogP contribution is 2.20. The summed E-state index contributed by atoms with van der Waals surface area (Å²) in [6.45, 7) is 6.55. The van der Waals surface area contributed by atoms with Gasteiger partial charge >= 0.3 is 5.97 Å². The van der Waals surface area contributed by atoms with Crippen molar-refractivity contribution in [1.82, 2.24) is 5.32 Å². The fraction of sp³-hybridized carbons (Fsp3) is 0.967. The van der Waals surface area contributed by atoms with Gasteiger partial charge in [-0.3, -0.25) is 9.59 Å². The summed E-state index contributed by atoms with van der Waals surface area (Å²) in [5, 5.41) is 24.0. The van der Waals surface area contributed by atoms with Crippen molar-refractivity contribution >= 4 is 11.9 Å². The van der Waals surface area contributed by atoms with Gasteiger partial charge in [-0.15, -0.1) is 0 Å². The summed E-state index contributed by atoms with van der Waals surface area (Å²) in [5.74, 6) is -0.441. The minimum Gasteiger partial charge on any atom is -0.462 e. The maximum atomic E-state index is 13.3. The van der Waals surface area contributed by atoms with Crippen LogP contribution in [0, 0.1) is 0 Å². The number of carbonyl (C=O) groups is 2. The van der Waals surface area contributed by atoms with Gasteiger partial charge in [-0.25, -0.2) is 0 Å². The number of aliphatic hydroxyl groups is 2. The molecule has 0 aromatic heterocycles. The molecule has 0 spiro atoms. The minimum atomic E-state index is -0.781. The Labute approximate surface area is 419 Å². The van der Waals surface area contributed by atoms with E-state index < -0.39 is 18.2 Å². The van der Waals surface area contributed by atoms with Crippen LogP contribution in [0.3, 0.4) is 0 Å². The molecule has 0 rings (SSSR count). The maximum absolute atomic E-state index is 13.3. The normalized spacial score (nSPS) is 13.0. The smallest absolute Gasteiger partial charge is 0.306 e. The number of nitrogens with one attached hydrogen (secondary N) is 1. The second kappa shape index (κ2) is 55.8. The van der Waals surface area contributed by atoms with Gasteiger partial charge in [0, 0.05) is 6.42 Å². The standard InChI is InChI=1S/C61H121NO5/c1-4-7-10-13-16-19-22-25-28-30-32-35-38-41-44-47-50-53-59(64)58(56-63)62-60(65)55-57(52-49-46-43-40-37-34-31-27-24-21-18-15-12-9-6-3)67-61(66)54-51-48-45-42-39-36-33-29-26-23-20-17-14-11-8-5-2/h57-59,63-64H,4-56H2,1-3H3,(H,62,65). The van der Waals surface area contributed by atoms with Crippen LogP contribution >= 0.6 is 0 Å². The van der Waals surface area contributed by atoms with Gasteiger partial charge in [0.25, 0.3) is 0 Å². The van der Waals surface area contributed by atoms with E-state index in [9.17, 15) is 19.8 Å². The van der Waals surface area contributed by atoms with Crippen LogP contribution in [-0.2, 0) is 14.3 Å². The molecule has 0 saturated heterocycles. The molecular weight excluding hydrogens is 827 g/mol. The Hall–Kier alpha value is -1.14. The molecule has 0 saturated carbocycles. The number of esters is 1. The molecule has 0 aliphatic heterocycles.